The van der Waals surface area contributed by atoms with Crippen LogP contribution in [0.25, 0.3) is 0 Å². The van der Waals surface area contributed by atoms with Crippen LogP contribution in [0.1, 0.15) is 18.4 Å². The number of ether oxygens (including phenoxy) is 1. The molecule has 0 amide bonds. The normalized spacial score (nSPS) is 12.2. The second-order valence-electron chi connectivity index (χ2n) is 3.12. The summed E-state index contributed by atoms with van der Waals surface area (Å²) in [7, 11) is 0. The predicted molar refractivity (Wildman–Crippen MR) is 57.9 cm³/mol. The first-order valence-electron chi connectivity index (χ1n) is 4.83. The molecule has 0 unspecified atom stereocenters. The van der Waals surface area contributed by atoms with Crippen LogP contribution < -0.4 is 0 Å². The molecule has 0 aromatic heterocycles. The highest BCUT2D eigenvalue weighted by molar-refractivity contribution is 6.31. The Hall–Kier alpha value is -1.13. The molecule has 0 aliphatic carbocycles. The number of aliphatic hydroxyl groups excluding tert-OH is 1. The van der Waals surface area contributed by atoms with Gasteiger partial charge in [0.05, 0.1) is 13.2 Å². The number of benzene rings is 1. The van der Waals surface area contributed by atoms with Gasteiger partial charge in [-0.25, -0.2) is 4.39 Å². The van der Waals surface area contributed by atoms with Gasteiger partial charge in [0.2, 0.25) is 0 Å². The lowest BCUT2D eigenvalue weighted by atomic mass is 9.99. The van der Waals surface area contributed by atoms with Crippen molar-refractivity contribution in [2.45, 2.75) is 12.8 Å². The van der Waals surface area contributed by atoms with Gasteiger partial charge in [0.15, 0.2) is 0 Å². The number of hydrogen-bond donors (Lipinski definition) is 1. The van der Waals surface area contributed by atoms with E-state index in [1.54, 1.807) is 6.92 Å². The van der Waals surface area contributed by atoms with Gasteiger partial charge in [-0.2, -0.15) is 0 Å². The minimum atomic E-state index is -1.08. The third kappa shape index (κ3) is 2.71. The van der Waals surface area contributed by atoms with Crippen molar-refractivity contribution < 1.29 is 19.0 Å². The van der Waals surface area contributed by atoms with Gasteiger partial charge in [0.1, 0.15) is 11.7 Å². The summed E-state index contributed by atoms with van der Waals surface area (Å²) in [5.74, 6) is -2.38. The molecule has 0 heterocycles. The zero-order valence-corrected chi connectivity index (χ0v) is 9.50. The molecule has 0 saturated heterocycles. The molecule has 0 bridgehead atoms. The molecule has 0 aliphatic rings. The van der Waals surface area contributed by atoms with E-state index in [2.05, 4.69) is 0 Å². The highest BCUT2D eigenvalue weighted by atomic mass is 35.5. The molecule has 5 heteroatoms. The Balaban J connectivity index is 3.08. The van der Waals surface area contributed by atoms with Crippen LogP contribution in [0.15, 0.2) is 18.2 Å². The van der Waals surface area contributed by atoms with E-state index in [-0.39, 0.29) is 17.2 Å². The number of carbonyl (C=O) groups is 1. The molecule has 16 heavy (non-hydrogen) atoms. The van der Waals surface area contributed by atoms with Crippen molar-refractivity contribution in [3.63, 3.8) is 0 Å². The molecule has 1 atom stereocenters. The Kier molecular flexibility index (Phi) is 4.71. The van der Waals surface area contributed by atoms with Crippen molar-refractivity contribution >= 4 is 17.6 Å². The van der Waals surface area contributed by atoms with E-state index in [0.717, 1.165) is 0 Å². The van der Waals surface area contributed by atoms with Crippen LogP contribution in [0.5, 0.6) is 0 Å². The molecule has 88 valence electrons. The predicted octanol–water partition coefficient (Wildman–Crippen LogP) is 2.12. The van der Waals surface area contributed by atoms with Crippen molar-refractivity contribution in [2.75, 3.05) is 13.2 Å². The maximum atomic E-state index is 13.5. The van der Waals surface area contributed by atoms with E-state index in [1.807, 2.05) is 0 Å². The molecule has 0 aliphatic heterocycles. The summed E-state index contributed by atoms with van der Waals surface area (Å²) in [5.41, 5.74) is -0.0230. The van der Waals surface area contributed by atoms with Crippen LogP contribution in [0.4, 0.5) is 4.39 Å². The number of hydrogen-bond acceptors (Lipinski definition) is 3. The lowest BCUT2D eigenvalue weighted by molar-refractivity contribution is -0.146. The van der Waals surface area contributed by atoms with Gasteiger partial charge in [0.25, 0.3) is 0 Å². The van der Waals surface area contributed by atoms with Crippen LogP contribution >= 0.6 is 11.6 Å². The maximum Gasteiger partial charge on any atom is 0.315 e. The van der Waals surface area contributed by atoms with Crippen molar-refractivity contribution in [2.24, 2.45) is 0 Å². The Labute approximate surface area is 97.8 Å². The zero-order chi connectivity index (χ0) is 12.1. The topological polar surface area (TPSA) is 46.5 Å². The summed E-state index contributed by atoms with van der Waals surface area (Å²) in [6, 6.07) is 4.08. The van der Waals surface area contributed by atoms with Gasteiger partial charge in [0, 0.05) is 10.6 Å². The standard InChI is InChI=1S/C11H12ClFO3/c1-2-16-11(15)7(6-14)10-8(12)4-3-5-9(10)13/h3-5,7,14H,2,6H2,1H3/t7-/m0/s1. The van der Waals surface area contributed by atoms with E-state index in [9.17, 15) is 9.18 Å². The summed E-state index contributed by atoms with van der Waals surface area (Å²) in [4.78, 5) is 11.5. The third-order valence-corrected chi connectivity index (χ3v) is 2.43. The molecule has 1 N–H and O–H groups in total. The van der Waals surface area contributed by atoms with Crippen molar-refractivity contribution in [3.05, 3.63) is 34.6 Å². The highest BCUT2D eigenvalue weighted by Crippen LogP contribution is 2.28. The van der Waals surface area contributed by atoms with Crippen LogP contribution in [0.2, 0.25) is 5.02 Å². The fourth-order valence-corrected chi connectivity index (χ4v) is 1.66. The zero-order valence-electron chi connectivity index (χ0n) is 8.74. The van der Waals surface area contributed by atoms with E-state index < -0.39 is 24.3 Å². The summed E-state index contributed by atoms with van der Waals surface area (Å²) >= 11 is 5.79. The maximum absolute atomic E-state index is 13.5. The average Bonchev–Trinajstić information content (AvgIpc) is 2.24. The van der Waals surface area contributed by atoms with Crippen molar-refractivity contribution in [1.82, 2.24) is 0 Å². The summed E-state index contributed by atoms with van der Waals surface area (Å²) < 4.78 is 18.2. The summed E-state index contributed by atoms with van der Waals surface area (Å²) in [6.07, 6.45) is 0. The number of rotatable bonds is 4. The monoisotopic (exact) mass is 246 g/mol. The van der Waals surface area contributed by atoms with Gasteiger partial charge in [-0.3, -0.25) is 4.79 Å². The fourth-order valence-electron chi connectivity index (χ4n) is 1.37. The van der Waals surface area contributed by atoms with Crippen molar-refractivity contribution in [1.29, 1.82) is 0 Å². The molecule has 3 nitrogen and oxygen atoms in total. The molecule has 1 aromatic carbocycles. The van der Waals surface area contributed by atoms with Crippen LogP contribution in [-0.4, -0.2) is 24.3 Å². The lowest BCUT2D eigenvalue weighted by Gasteiger charge is -2.15. The Morgan fingerprint density at radius 2 is 2.31 bits per heavy atom. The SMILES string of the molecule is CCOC(=O)[C@@H](CO)c1c(F)cccc1Cl. The third-order valence-electron chi connectivity index (χ3n) is 2.10. The molecule has 1 rings (SSSR count). The fraction of sp³-hybridized carbons (Fsp3) is 0.364. The summed E-state index contributed by atoms with van der Waals surface area (Å²) in [6.45, 7) is 1.26. The molecule has 0 saturated carbocycles. The molecular weight excluding hydrogens is 235 g/mol. The number of aliphatic hydroxyl groups is 1. The minimum absolute atomic E-state index is 0.0230. The van der Waals surface area contributed by atoms with E-state index in [1.165, 1.54) is 18.2 Å². The van der Waals surface area contributed by atoms with E-state index >= 15 is 0 Å². The smallest absolute Gasteiger partial charge is 0.315 e. The second kappa shape index (κ2) is 5.82. The van der Waals surface area contributed by atoms with Crippen LogP contribution in [0.3, 0.4) is 0 Å². The molecule has 0 radical (unpaired) electrons. The van der Waals surface area contributed by atoms with Gasteiger partial charge in [-0.1, -0.05) is 17.7 Å². The van der Waals surface area contributed by atoms with Crippen LogP contribution in [0, 0.1) is 5.82 Å². The minimum Gasteiger partial charge on any atom is -0.465 e. The van der Waals surface area contributed by atoms with Gasteiger partial charge < -0.3 is 9.84 Å². The Morgan fingerprint density at radius 1 is 1.62 bits per heavy atom. The first kappa shape index (κ1) is 12.9. The largest absolute Gasteiger partial charge is 0.465 e. The highest BCUT2D eigenvalue weighted by Gasteiger charge is 2.26. The number of halogens is 2. The molecule has 1 aromatic rings. The van der Waals surface area contributed by atoms with Gasteiger partial charge in [-0.15, -0.1) is 0 Å². The average molecular weight is 247 g/mol. The molecule has 0 spiro atoms. The van der Waals surface area contributed by atoms with E-state index in [0.29, 0.717) is 0 Å². The van der Waals surface area contributed by atoms with Crippen molar-refractivity contribution in [3.8, 4) is 0 Å². The Morgan fingerprint density at radius 3 is 2.81 bits per heavy atom. The molecule has 0 fully saturated rings. The van der Waals surface area contributed by atoms with Gasteiger partial charge >= 0.3 is 5.97 Å². The van der Waals surface area contributed by atoms with Crippen LogP contribution in [-0.2, 0) is 9.53 Å². The first-order chi connectivity index (χ1) is 7.61. The Bertz CT molecular complexity index is 361. The molecular formula is C11H12ClFO3. The quantitative estimate of drug-likeness (QED) is 0.828. The lowest BCUT2D eigenvalue weighted by Crippen LogP contribution is -2.20. The summed E-state index contributed by atoms with van der Waals surface area (Å²) in [5, 5.41) is 9.20. The second-order valence-corrected chi connectivity index (χ2v) is 3.53. The van der Waals surface area contributed by atoms with E-state index in [4.69, 9.17) is 21.4 Å². The number of carbonyl (C=O) groups excluding carboxylic acids is 1. The first-order valence-corrected chi connectivity index (χ1v) is 5.21. The number of esters is 1. The van der Waals surface area contributed by atoms with Gasteiger partial charge in [-0.05, 0) is 19.1 Å².